The van der Waals surface area contributed by atoms with Gasteiger partial charge in [-0.15, -0.1) is 0 Å². The van der Waals surface area contributed by atoms with Crippen molar-refractivity contribution in [3.8, 4) is 0 Å². The minimum absolute atomic E-state index is 0.395. The SMILES string of the molecule is CCCCC(O)c1cncc(F)c1. The normalized spacial score (nSPS) is 12.8. The lowest BCUT2D eigenvalue weighted by Gasteiger charge is -2.08. The van der Waals surface area contributed by atoms with E-state index in [0.29, 0.717) is 12.0 Å². The molecule has 0 spiro atoms. The summed E-state index contributed by atoms with van der Waals surface area (Å²) in [5, 5.41) is 9.57. The van der Waals surface area contributed by atoms with E-state index in [1.165, 1.54) is 12.3 Å². The molecule has 72 valence electrons. The first-order chi connectivity index (χ1) is 6.24. The Balaban J connectivity index is 2.60. The van der Waals surface area contributed by atoms with E-state index >= 15 is 0 Å². The van der Waals surface area contributed by atoms with Gasteiger partial charge >= 0.3 is 0 Å². The highest BCUT2D eigenvalue weighted by molar-refractivity contribution is 5.12. The second kappa shape index (κ2) is 4.92. The number of hydrogen-bond donors (Lipinski definition) is 1. The summed E-state index contributed by atoms with van der Waals surface area (Å²) < 4.78 is 12.7. The molecule has 0 aliphatic rings. The number of nitrogens with zero attached hydrogens (tertiary/aromatic N) is 1. The molecule has 0 aromatic carbocycles. The molecule has 1 unspecified atom stereocenters. The lowest BCUT2D eigenvalue weighted by atomic mass is 10.1. The molecule has 1 N–H and O–H groups in total. The van der Waals surface area contributed by atoms with E-state index in [1.54, 1.807) is 0 Å². The van der Waals surface area contributed by atoms with Crippen LogP contribution in [0.1, 0.15) is 37.9 Å². The lowest BCUT2D eigenvalue weighted by molar-refractivity contribution is 0.163. The minimum Gasteiger partial charge on any atom is -0.388 e. The number of aliphatic hydroxyl groups is 1. The van der Waals surface area contributed by atoms with Crippen LogP contribution in [0.25, 0.3) is 0 Å². The summed E-state index contributed by atoms with van der Waals surface area (Å²) in [5.41, 5.74) is 0.563. The van der Waals surface area contributed by atoms with Crippen molar-refractivity contribution in [2.24, 2.45) is 0 Å². The van der Waals surface area contributed by atoms with Gasteiger partial charge in [-0.25, -0.2) is 4.39 Å². The second-order valence-electron chi connectivity index (χ2n) is 3.09. The minimum atomic E-state index is -0.580. The molecule has 2 nitrogen and oxygen atoms in total. The molecular weight excluding hydrogens is 169 g/mol. The highest BCUT2D eigenvalue weighted by atomic mass is 19.1. The van der Waals surface area contributed by atoms with Crippen LogP contribution in [0.5, 0.6) is 0 Å². The first kappa shape index (κ1) is 10.1. The maximum Gasteiger partial charge on any atom is 0.141 e. The molecule has 0 saturated heterocycles. The van der Waals surface area contributed by atoms with Crippen LogP contribution in [0, 0.1) is 5.82 Å². The van der Waals surface area contributed by atoms with Gasteiger partial charge < -0.3 is 5.11 Å². The molecule has 1 heterocycles. The number of aromatic nitrogens is 1. The van der Waals surface area contributed by atoms with Gasteiger partial charge in [0.05, 0.1) is 12.3 Å². The van der Waals surface area contributed by atoms with Crippen molar-refractivity contribution in [3.63, 3.8) is 0 Å². The van der Waals surface area contributed by atoms with Gasteiger partial charge in [-0.3, -0.25) is 4.98 Å². The smallest absolute Gasteiger partial charge is 0.141 e. The third-order valence-corrected chi connectivity index (χ3v) is 1.94. The summed E-state index contributed by atoms with van der Waals surface area (Å²) in [5.74, 6) is -0.395. The average Bonchev–Trinajstić information content (AvgIpc) is 2.14. The molecule has 1 aromatic rings. The van der Waals surface area contributed by atoms with E-state index in [9.17, 15) is 9.50 Å². The summed E-state index contributed by atoms with van der Waals surface area (Å²) in [6.07, 6.45) is 4.70. The summed E-state index contributed by atoms with van der Waals surface area (Å²) >= 11 is 0. The highest BCUT2D eigenvalue weighted by Crippen LogP contribution is 2.18. The molecular formula is C10H14FNO. The number of pyridine rings is 1. The molecule has 0 amide bonds. The molecule has 0 saturated carbocycles. The van der Waals surface area contributed by atoms with Gasteiger partial charge in [-0.1, -0.05) is 19.8 Å². The van der Waals surface area contributed by atoms with Crippen molar-refractivity contribution in [3.05, 3.63) is 29.8 Å². The van der Waals surface area contributed by atoms with Crippen molar-refractivity contribution in [2.75, 3.05) is 0 Å². The quantitative estimate of drug-likeness (QED) is 0.777. The average molecular weight is 183 g/mol. The van der Waals surface area contributed by atoms with Crippen molar-refractivity contribution in [2.45, 2.75) is 32.3 Å². The Morgan fingerprint density at radius 2 is 2.31 bits per heavy atom. The van der Waals surface area contributed by atoms with Crippen molar-refractivity contribution in [1.29, 1.82) is 0 Å². The van der Waals surface area contributed by atoms with Gasteiger partial charge in [0.1, 0.15) is 5.82 Å². The molecule has 0 fully saturated rings. The lowest BCUT2D eigenvalue weighted by Crippen LogP contribution is -1.98. The molecule has 13 heavy (non-hydrogen) atoms. The molecule has 1 rings (SSSR count). The van der Waals surface area contributed by atoms with Crippen LogP contribution < -0.4 is 0 Å². The molecule has 1 atom stereocenters. The van der Waals surface area contributed by atoms with Crippen LogP contribution in [0.4, 0.5) is 4.39 Å². The molecule has 0 bridgehead atoms. The summed E-state index contributed by atoms with van der Waals surface area (Å²) in [4.78, 5) is 3.68. The maximum absolute atomic E-state index is 12.7. The zero-order chi connectivity index (χ0) is 9.68. The predicted octanol–water partition coefficient (Wildman–Crippen LogP) is 2.44. The molecule has 0 radical (unpaired) electrons. The topological polar surface area (TPSA) is 33.1 Å². The van der Waals surface area contributed by atoms with Crippen LogP contribution in [-0.2, 0) is 0 Å². The molecule has 0 aliphatic heterocycles. The van der Waals surface area contributed by atoms with Gasteiger partial charge in [0.25, 0.3) is 0 Å². The number of unbranched alkanes of at least 4 members (excludes halogenated alkanes) is 1. The fourth-order valence-corrected chi connectivity index (χ4v) is 1.17. The maximum atomic E-state index is 12.7. The Bertz CT molecular complexity index is 265. The first-order valence-corrected chi connectivity index (χ1v) is 4.52. The third kappa shape index (κ3) is 3.11. The first-order valence-electron chi connectivity index (χ1n) is 4.52. The monoisotopic (exact) mass is 183 g/mol. The Kier molecular flexibility index (Phi) is 3.83. The van der Waals surface area contributed by atoms with Crippen LogP contribution >= 0.6 is 0 Å². The van der Waals surface area contributed by atoms with Crippen molar-refractivity contribution < 1.29 is 9.50 Å². The van der Waals surface area contributed by atoms with E-state index in [-0.39, 0.29) is 0 Å². The Morgan fingerprint density at radius 1 is 1.54 bits per heavy atom. The van der Waals surface area contributed by atoms with E-state index < -0.39 is 11.9 Å². The zero-order valence-corrected chi connectivity index (χ0v) is 7.70. The fraction of sp³-hybridized carbons (Fsp3) is 0.500. The number of halogens is 1. The van der Waals surface area contributed by atoms with Gasteiger partial charge in [0, 0.05) is 11.8 Å². The zero-order valence-electron chi connectivity index (χ0n) is 7.70. The second-order valence-corrected chi connectivity index (χ2v) is 3.09. The van der Waals surface area contributed by atoms with Crippen LogP contribution in [0.3, 0.4) is 0 Å². The van der Waals surface area contributed by atoms with Gasteiger partial charge in [-0.2, -0.15) is 0 Å². The Labute approximate surface area is 77.4 Å². The molecule has 3 heteroatoms. The number of rotatable bonds is 4. The van der Waals surface area contributed by atoms with E-state index in [4.69, 9.17) is 0 Å². The van der Waals surface area contributed by atoms with E-state index in [0.717, 1.165) is 19.0 Å². The number of hydrogen-bond acceptors (Lipinski definition) is 2. The summed E-state index contributed by atoms with van der Waals surface area (Å²) in [7, 11) is 0. The molecule has 1 aromatic heterocycles. The summed E-state index contributed by atoms with van der Waals surface area (Å²) in [6.45, 7) is 2.05. The van der Waals surface area contributed by atoms with Crippen LogP contribution in [0.15, 0.2) is 18.5 Å². The largest absolute Gasteiger partial charge is 0.388 e. The Morgan fingerprint density at radius 3 is 2.92 bits per heavy atom. The van der Waals surface area contributed by atoms with Gasteiger partial charge in [0.15, 0.2) is 0 Å². The van der Waals surface area contributed by atoms with Crippen LogP contribution in [0.2, 0.25) is 0 Å². The highest BCUT2D eigenvalue weighted by Gasteiger charge is 2.07. The van der Waals surface area contributed by atoms with Gasteiger partial charge in [0.2, 0.25) is 0 Å². The number of aliphatic hydroxyl groups excluding tert-OH is 1. The fourth-order valence-electron chi connectivity index (χ4n) is 1.17. The van der Waals surface area contributed by atoms with Crippen molar-refractivity contribution in [1.82, 2.24) is 4.98 Å². The summed E-state index contributed by atoms with van der Waals surface area (Å²) in [6, 6.07) is 1.33. The van der Waals surface area contributed by atoms with Crippen molar-refractivity contribution >= 4 is 0 Å². The Hall–Kier alpha value is -0.960. The van der Waals surface area contributed by atoms with Gasteiger partial charge in [-0.05, 0) is 12.5 Å². The van der Waals surface area contributed by atoms with E-state index in [1.807, 2.05) is 0 Å². The molecule has 0 aliphatic carbocycles. The third-order valence-electron chi connectivity index (χ3n) is 1.94. The predicted molar refractivity (Wildman–Crippen MR) is 48.7 cm³/mol. The standard InChI is InChI=1S/C10H14FNO/c1-2-3-4-10(13)8-5-9(11)7-12-6-8/h5-7,10,13H,2-4H2,1H3. The van der Waals surface area contributed by atoms with Crippen LogP contribution in [-0.4, -0.2) is 10.1 Å². The van der Waals surface area contributed by atoms with E-state index in [2.05, 4.69) is 11.9 Å².